The van der Waals surface area contributed by atoms with Gasteiger partial charge in [0.2, 0.25) is 11.8 Å². The Balaban J connectivity index is 6.01. The monoisotopic (exact) mass is 922 g/mol. The molecule has 0 aliphatic carbocycles. The molecule has 4 N–H and O–H groups in total. The minimum atomic E-state index is -1.25. The number of carbonyl (C=O) groups excluding carboxylic acids is 8. The molecule has 0 spiro atoms. The standard InChI is InChI=1S/C42H74N4O14S2/c1-37(2,3)55-31(49)25(45-35(53)59-41(13,14)15)19-21-29(47)43-27(33(51)57-39(7,8)9)23-61-62-24-28(34(52)58-40(10,11)12)44-30(48)22-20-26(32(50)56-38(4,5)6)46-36(54)60-42(16,17)18/h25-28H,19-24H2,1-18H3,(H,43,47)(H,44,48)(H,45,53)(H,46,54)/t25-,26-,27-,28-/m0/s1. The molecular weight excluding hydrogens is 849 g/mol. The van der Waals surface area contributed by atoms with Gasteiger partial charge in [0.05, 0.1) is 0 Å². The van der Waals surface area contributed by atoms with E-state index in [0.29, 0.717) is 0 Å². The first-order valence-corrected chi connectivity index (χ1v) is 23.0. The van der Waals surface area contributed by atoms with Crippen LogP contribution in [0.2, 0.25) is 0 Å². The van der Waals surface area contributed by atoms with Crippen molar-refractivity contribution in [2.45, 2.75) is 208 Å². The number of rotatable bonds is 19. The SMILES string of the molecule is CC(C)(C)OC(=O)N[C@@H](CCC(=O)N[C@@H](CSSC[C@H](NC(=O)CC[C@H](NC(=O)OC(C)(C)C)C(=O)OC(C)(C)C)C(=O)OC(C)(C)C)C(=O)OC(C)(C)C)C(=O)OC(C)(C)C. The van der Waals surface area contributed by atoms with Crippen LogP contribution >= 0.6 is 21.6 Å². The van der Waals surface area contributed by atoms with E-state index in [9.17, 15) is 38.4 Å². The molecule has 4 atom stereocenters. The predicted octanol–water partition coefficient (Wildman–Crippen LogP) is 6.05. The van der Waals surface area contributed by atoms with Gasteiger partial charge in [-0.15, -0.1) is 0 Å². The van der Waals surface area contributed by atoms with E-state index in [-0.39, 0.29) is 37.2 Å². The van der Waals surface area contributed by atoms with Crippen molar-refractivity contribution in [1.29, 1.82) is 0 Å². The van der Waals surface area contributed by atoms with E-state index in [1.54, 1.807) is 125 Å². The van der Waals surface area contributed by atoms with Crippen LogP contribution in [0.15, 0.2) is 0 Å². The van der Waals surface area contributed by atoms with E-state index in [2.05, 4.69) is 21.3 Å². The highest BCUT2D eigenvalue weighted by atomic mass is 33.1. The number of ether oxygens (including phenoxy) is 6. The van der Waals surface area contributed by atoms with Crippen molar-refractivity contribution in [3.63, 3.8) is 0 Å². The minimum absolute atomic E-state index is 0.0418. The number of hydrogen-bond donors (Lipinski definition) is 4. The second-order valence-electron chi connectivity index (χ2n) is 20.4. The van der Waals surface area contributed by atoms with Crippen molar-refractivity contribution >= 4 is 69.5 Å². The Hall–Kier alpha value is -3.94. The van der Waals surface area contributed by atoms with E-state index < -0.39 is 106 Å². The van der Waals surface area contributed by atoms with E-state index in [1.807, 2.05) is 0 Å². The zero-order valence-electron chi connectivity index (χ0n) is 40.1. The lowest BCUT2D eigenvalue weighted by Gasteiger charge is -2.27. The Morgan fingerprint density at radius 1 is 0.355 bits per heavy atom. The molecule has 18 nitrogen and oxygen atoms in total. The van der Waals surface area contributed by atoms with Crippen molar-refractivity contribution < 1.29 is 66.8 Å². The maximum Gasteiger partial charge on any atom is 0.408 e. The third-order valence-electron chi connectivity index (χ3n) is 6.69. The van der Waals surface area contributed by atoms with Crippen LogP contribution in [0.25, 0.3) is 0 Å². The Kier molecular flexibility index (Phi) is 22.7. The molecule has 0 rings (SSSR count). The van der Waals surface area contributed by atoms with Crippen molar-refractivity contribution in [1.82, 2.24) is 21.3 Å². The summed E-state index contributed by atoms with van der Waals surface area (Å²) in [7, 11) is 2.22. The summed E-state index contributed by atoms with van der Waals surface area (Å²) in [5.74, 6) is -4.39. The van der Waals surface area contributed by atoms with Crippen LogP contribution in [0, 0.1) is 0 Å². The summed E-state index contributed by atoms with van der Waals surface area (Å²) >= 11 is 0. The highest BCUT2D eigenvalue weighted by molar-refractivity contribution is 8.76. The van der Waals surface area contributed by atoms with Gasteiger partial charge in [0, 0.05) is 24.3 Å². The van der Waals surface area contributed by atoms with Gasteiger partial charge in [0.15, 0.2) is 0 Å². The largest absolute Gasteiger partial charge is 0.458 e. The Morgan fingerprint density at radius 3 is 0.806 bits per heavy atom. The lowest BCUT2D eigenvalue weighted by atomic mass is 10.1. The van der Waals surface area contributed by atoms with Gasteiger partial charge in [-0.1, -0.05) is 21.6 Å². The fourth-order valence-corrected chi connectivity index (χ4v) is 6.84. The lowest BCUT2D eigenvalue weighted by molar-refractivity contribution is -0.159. The topological polar surface area (TPSA) is 240 Å². The van der Waals surface area contributed by atoms with Crippen molar-refractivity contribution in [3.05, 3.63) is 0 Å². The summed E-state index contributed by atoms with van der Waals surface area (Å²) in [5.41, 5.74) is -5.31. The van der Waals surface area contributed by atoms with Crippen LogP contribution < -0.4 is 21.3 Å². The second-order valence-corrected chi connectivity index (χ2v) is 23.0. The zero-order chi connectivity index (χ0) is 48.7. The van der Waals surface area contributed by atoms with E-state index in [0.717, 1.165) is 21.6 Å². The molecule has 4 amide bonds. The zero-order valence-corrected chi connectivity index (χ0v) is 41.7. The van der Waals surface area contributed by atoms with Crippen molar-refractivity contribution in [3.8, 4) is 0 Å². The summed E-state index contributed by atoms with van der Waals surface area (Å²) in [6.45, 7) is 29.9. The number of nitrogens with one attached hydrogen (secondary N) is 4. The van der Waals surface area contributed by atoms with Gasteiger partial charge in [-0.3, -0.25) is 9.59 Å². The quantitative estimate of drug-likeness (QED) is 0.0499. The molecule has 0 radical (unpaired) electrons. The van der Waals surface area contributed by atoms with Crippen molar-refractivity contribution in [2.75, 3.05) is 11.5 Å². The predicted molar refractivity (Wildman–Crippen MR) is 237 cm³/mol. The Bertz CT molecular complexity index is 1430. The molecule has 0 aliphatic heterocycles. The number of carbonyl (C=O) groups is 8. The molecule has 0 aromatic carbocycles. The highest BCUT2D eigenvalue weighted by Crippen LogP contribution is 2.25. The third kappa shape index (κ3) is 30.2. The van der Waals surface area contributed by atoms with Gasteiger partial charge in [-0.25, -0.2) is 28.8 Å². The van der Waals surface area contributed by atoms with Gasteiger partial charge >= 0.3 is 36.1 Å². The van der Waals surface area contributed by atoms with Crippen LogP contribution in [-0.2, 0) is 57.2 Å². The first kappa shape index (κ1) is 58.1. The molecule has 0 aromatic rings. The molecule has 0 saturated heterocycles. The summed E-state index contributed by atoms with van der Waals surface area (Å²) in [6, 6.07) is -4.86. The second kappa shape index (κ2) is 24.2. The van der Waals surface area contributed by atoms with Gasteiger partial charge in [-0.05, 0) is 137 Å². The van der Waals surface area contributed by atoms with E-state index in [4.69, 9.17) is 28.4 Å². The van der Waals surface area contributed by atoms with E-state index in [1.165, 1.54) is 0 Å². The van der Waals surface area contributed by atoms with Crippen LogP contribution in [0.5, 0.6) is 0 Å². The first-order chi connectivity index (χ1) is 27.7. The molecule has 62 heavy (non-hydrogen) atoms. The number of alkyl carbamates (subject to hydrolysis) is 2. The number of amides is 4. The third-order valence-corrected chi connectivity index (χ3v) is 9.11. The molecular formula is C42H74N4O14S2. The van der Waals surface area contributed by atoms with Gasteiger partial charge in [0.25, 0.3) is 0 Å². The van der Waals surface area contributed by atoms with E-state index >= 15 is 0 Å². The van der Waals surface area contributed by atoms with Gasteiger partial charge in [0.1, 0.15) is 57.8 Å². The summed E-state index contributed by atoms with van der Waals surface area (Å²) in [6.07, 6.45) is -2.73. The van der Waals surface area contributed by atoms with Crippen LogP contribution in [0.3, 0.4) is 0 Å². The minimum Gasteiger partial charge on any atom is -0.458 e. The fourth-order valence-electron chi connectivity index (χ4n) is 4.54. The smallest absolute Gasteiger partial charge is 0.408 e. The maximum absolute atomic E-state index is 13.3. The molecule has 0 unspecified atom stereocenters. The highest BCUT2D eigenvalue weighted by Gasteiger charge is 2.34. The average molecular weight is 923 g/mol. The maximum atomic E-state index is 13.3. The fraction of sp³-hybridized carbons (Fsp3) is 0.810. The van der Waals surface area contributed by atoms with Crippen LogP contribution in [-0.4, -0.2) is 117 Å². The summed E-state index contributed by atoms with van der Waals surface area (Å²) in [5, 5.41) is 10.2. The molecule has 0 aliphatic rings. The number of hydrogen-bond acceptors (Lipinski definition) is 16. The molecule has 0 bridgehead atoms. The molecule has 20 heteroatoms. The van der Waals surface area contributed by atoms with Crippen LogP contribution in [0.4, 0.5) is 9.59 Å². The molecule has 0 heterocycles. The lowest BCUT2D eigenvalue weighted by Crippen LogP contribution is -2.48. The average Bonchev–Trinajstić information content (AvgIpc) is 3.00. The normalized spacial score (nSPS) is 14.4. The Labute approximate surface area is 376 Å². The van der Waals surface area contributed by atoms with Gasteiger partial charge < -0.3 is 49.7 Å². The van der Waals surface area contributed by atoms with Crippen molar-refractivity contribution in [2.24, 2.45) is 0 Å². The van der Waals surface area contributed by atoms with Crippen LogP contribution in [0.1, 0.15) is 150 Å². The summed E-state index contributed by atoms with van der Waals surface area (Å²) < 4.78 is 32.6. The first-order valence-electron chi connectivity index (χ1n) is 20.5. The summed E-state index contributed by atoms with van der Waals surface area (Å²) in [4.78, 5) is 104. The van der Waals surface area contributed by atoms with Gasteiger partial charge in [-0.2, -0.15) is 0 Å². The molecule has 0 saturated carbocycles. The molecule has 0 fully saturated rings. The molecule has 0 aromatic heterocycles. The molecule has 358 valence electrons. The Morgan fingerprint density at radius 2 is 0.581 bits per heavy atom. The number of esters is 4.